The van der Waals surface area contributed by atoms with Gasteiger partial charge in [0, 0.05) is 23.9 Å². The van der Waals surface area contributed by atoms with Gasteiger partial charge in [0.05, 0.1) is 18.4 Å². The third-order valence-corrected chi connectivity index (χ3v) is 8.69. The quantitative estimate of drug-likeness (QED) is 0.525. The van der Waals surface area contributed by atoms with Crippen LogP contribution in [0.3, 0.4) is 0 Å². The summed E-state index contributed by atoms with van der Waals surface area (Å²) >= 11 is 0. The zero-order valence-electron chi connectivity index (χ0n) is 19.3. The molecule has 2 aliphatic carbocycles. The number of halogens is 1. The Bertz CT molecular complexity index is 1120. The molecule has 0 bridgehead atoms. The van der Waals surface area contributed by atoms with E-state index in [1.165, 1.54) is 64.3 Å². The molecular formula is C25H31FN2O5S. The minimum Gasteiger partial charge on any atom is -0.495 e. The monoisotopic (exact) mass is 490 g/mol. The largest absolute Gasteiger partial charge is 0.495 e. The lowest BCUT2D eigenvalue weighted by molar-refractivity contribution is 0.0691. The Morgan fingerprint density at radius 2 is 1.74 bits per heavy atom. The molecule has 2 N–H and O–H groups in total. The highest BCUT2D eigenvalue weighted by molar-refractivity contribution is 7.92. The van der Waals surface area contributed by atoms with E-state index < -0.39 is 27.4 Å². The molecule has 0 atom stereocenters. The van der Waals surface area contributed by atoms with Gasteiger partial charge in [-0.05, 0) is 55.7 Å². The maximum atomic E-state index is 14.1. The summed E-state index contributed by atoms with van der Waals surface area (Å²) in [6.07, 6.45) is 12.7. The molecular weight excluding hydrogens is 459 g/mol. The van der Waals surface area contributed by atoms with Crippen LogP contribution in [0, 0.1) is 17.7 Å². The first-order chi connectivity index (χ1) is 16.3. The summed E-state index contributed by atoms with van der Waals surface area (Å²) in [5.41, 5.74) is 0.106. The van der Waals surface area contributed by atoms with Gasteiger partial charge in [0.15, 0.2) is 0 Å². The second-order valence-corrected chi connectivity index (χ2v) is 11.1. The van der Waals surface area contributed by atoms with Crippen LogP contribution < -0.4 is 9.46 Å². The Hall–Kier alpha value is -2.68. The fourth-order valence-corrected chi connectivity index (χ4v) is 6.46. The number of benzene rings is 1. The minimum absolute atomic E-state index is 0.0584. The van der Waals surface area contributed by atoms with Crippen molar-refractivity contribution < 1.29 is 27.4 Å². The van der Waals surface area contributed by atoms with Crippen molar-refractivity contribution in [1.82, 2.24) is 4.98 Å². The number of carboxylic acids is 1. The molecule has 2 aromatic rings. The van der Waals surface area contributed by atoms with Crippen molar-refractivity contribution in [3.8, 4) is 5.75 Å². The Morgan fingerprint density at radius 3 is 2.32 bits per heavy atom. The predicted octanol–water partition coefficient (Wildman–Crippen LogP) is 5.58. The number of hydrogen-bond acceptors (Lipinski definition) is 5. The Balaban J connectivity index is 1.43. The molecule has 1 heterocycles. The number of ether oxygens (including phenoxy) is 1. The van der Waals surface area contributed by atoms with E-state index in [4.69, 9.17) is 9.84 Å². The van der Waals surface area contributed by atoms with Gasteiger partial charge in [-0.3, -0.25) is 9.71 Å². The first-order valence-electron chi connectivity index (χ1n) is 11.9. The highest BCUT2D eigenvalue weighted by Crippen LogP contribution is 2.42. The second kappa shape index (κ2) is 10.3. The van der Waals surface area contributed by atoms with Crippen molar-refractivity contribution in [2.45, 2.75) is 68.6 Å². The van der Waals surface area contributed by atoms with E-state index in [9.17, 15) is 17.6 Å². The van der Waals surface area contributed by atoms with Crippen LogP contribution in [0.2, 0.25) is 0 Å². The van der Waals surface area contributed by atoms with Crippen molar-refractivity contribution in [3.63, 3.8) is 0 Å². The number of sulfonamides is 1. The van der Waals surface area contributed by atoms with Gasteiger partial charge < -0.3 is 9.84 Å². The summed E-state index contributed by atoms with van der Waals surface area (Å²) in [4.78, 5) is 15.5. The van der Waals surface area contributed by atoms with Gasteiger partial charge >= 0.3 is 5.97 Å². The zero-order chi connectivity index (χ0) is 24.3. The van der Waals surface area contributed by atoms with Crippen LogP contribution in [0.25, 0.3) is 0 Å². The molecule has 0 saturated heterocycles. The maximum absolute atomic E-state index is 14.1. The Kier molecular flexibility index (Phi) is 7.40. The highest BCUT2D eigenvalue weighted by Gasteiger charge is 2.30. The van der Waals surface area contributed by atoms with Gasteiger partial charge in [-0.1, -0.05) is 32.1 Å². The summed E-state index contributed by atoms with van der Waals surface area (Å²) in [7, 11) is -2.83. The second-order valence-electron chi connectivity index (χ2n) is 9.37. The molecule has 184 valence electrons. The lowest BCUT2D eigenvalue weighted by Gasteiger charge is -2.35. The van der Waals surface area contributed by atoms with Crippen LogP contribution in [0.5, 0.6) is 5.75 Å². The van der Waals surface area contributed by atoms with Crippen LogP contribution in [0.4, 0.5) is 10.1 Å². The summed E-state index contributed by atoms with van der Waals surface area (Å²) in [5.74, 6) is -0.624. The third kappa shape index (κ3) is 5.35. The van der Waals surface area contributed by atoms with Gasteiger partial charge in [0.1, 0.15) is 16.5 Å². The van der Waals surface area contributed by atoms with Crippen molar-refractivity contribution in [2.75, 3.05) is 11.8 Å². The van der Waals surface area contributed by atoms with Crippen LogP contribution >= 0.6 is 0 Å². The molecule has 0 unspecified atom stereocenters. The normalized spacial score (nSPS) is 21.7. The number of aromatic nitrogens is 1. The van der Waals surface area contributed by atoms with E-state index in [0.717, 1.165) is 42.5 Å². The molecule has 4 rings (SSSR count). The number of methoxy groups -OCH3 is 1. The zero-order valence-corrected chi connectivity index (χ0v) is 20.1. The number of pyridine rings is 1. The summed E-state index contributed by atoms with van der Waals surface area (Å²) in [6, 6.07) is 5.00. The SMILES string of the molecule is COc1cc(C(=O)O)c(F)cc1NS(=O)(=O)c1ccc(C2CCC(C3CCCCC3)CC2)nc1. The first kappa shape index (κ1) is 24.4. The number of nitrogens with zero attached hydrogens (tertiary/aromatic N) is 1. The van der Waals surface area contributed by atoms with Gasteiger partial charge in [0.2, 0.25) is 0 Å². The molecule has 0 amide bonds. The van der Waals surface area contributed by atoms with Gasteiger partial charge in [-0.2, -0.15) is 0 Å². The van der Waals surface area contributed by atoms with Crippen LogP contribution in [0.15, 0.2) is 35.4 Å². The van der Waals surface area contributed by atoms with E-state index >= 15 is 0 Å². The Morgan fingerprint density at radius 1 is 1.06 bits per heavy atom. The predicted molar refractivity (Wildman–Crippen MR) is 126 cm³/mol. The summed E-state index contributed by atoms with van der Waals surface area (Å²) in [5, 5.41) is 9.06. The number of anilines is 1. The Labute approximate surface area is 199 Å². The van der Waals surface area contributed by atoms with Gasteiger partial charge in [0.25, 0.3) is 10.0 Å². The molecule has 0 spiro atoms. The average Bonchev–Trinajstić information content (AvgIpc) is 2.84. The molecule has 1 aromatic carbocycles. The minimum atomic E-state index is -4.07. The first-order valence-corrected chi connectivity index (χ1v) is 13.4. The van der Waals surface area contributed by atoms with Crippen LogP contribution in [-0.2, 0) is 10.0 Å². The van der Waals surface area contributed by atoms with Crippen molar-refractivity contribution in [2.24, 2.45) is 11.8 Å². The number of nitrogens with one attached hydrogen (secondary N) is 1. The molecule has 1 aromatic heterocycles. The number of hydrogen-bond donors (Lipinski definition) is 2. The van der Waals surface area contributed by atoms with Crippen molar-refractivity contribution in [1.29, 1.82) is 0 Å². The van der Waals surface area contributed by atoms with Crippen LogP contribution in [-0.4, -0.2) is 31.6 Å². The summed E-state index contributed by atoms with van der Waals surface area (Å²) < 4.78 is 47.2. The molecule has 34 heavy (non-hydrogen) atoms. The van der Waals surface area contributed by atoms with E-state index in [0.29, 0.717) is 5.92 Å². The van der Waals surface area contributed by atoms with Gasteiger partial charge in [-0.15, -0.1) is 0 Å². The van der Waals surface area contributed by atoms with Gasteiger partial charge in [-0.25, -0.2) is 17.6 Å². The molecule has 2 fully saturated rings. The molecule has 7 nitrogen and oxygen atoms in total. The van der Waals surface area contributed by atoms with E-state index in [2.05, 4.69) is 9.71 Å². The number of carboxylic acid groups (broad SMARTS) is 1. The molecule has 9 heteroatoms. The topological polar surface area (TPSA) is 106 Å². The average molecular weight is 491 g/mol. The summed E-state index contributed by atoms with van der Waals surface area (Å²) in [6.45, 7) is 0. The lowest BCUT2D eigenvalue weighted by atomic mass is 9.70. The molecule has 0 aliphatic heterocycles. The standard InChI is InChI=1S/C25H31FN2O5S/c1-33-24-13-20(25(29)30)21(26)14-23(24)28-34(31,32)19-11-12-22(27-15-19)18-9-7-17(8-10-18)16-5-3-2-4-6-16/h11-18,28H,2-10H2,1H3,(H,29,30). The number of aromatic carboxylic acids is 1. The van der Waals surface area contributed by atoms with E-state index in [1.807, 2.05) is 0 Å². The number of rotatable bonds is 7. The lowest BCUT2D eigenvalue weighted by Crippen LogP contribution is -2.23. The van der Waals surface area contributed by atoms with E-state index in [-0.39, 0.29) is 16.3 Å². The smallest absolute Gasteiger partial charge is 0.338 e. The molecule has 2 aliphatic rings. The fraction of sp³-hybridized carbons (Fsp3) is 0.520. The van der Waals surface area contributed by atoms with Crippen LogP contribution in [0.1, 0.15) is 79.8 Å². The third-order valence-electron chi connectivity index (χ3n) is 7.34. The van der Waals surface area contributed by atoms with E-state index in [1.54, 1.807) is 6.07 Å². The molecule has 0 radical (unpaired) electrons. The van der Waals surface area contributed by atoms with Crippen molar-refractivity contribution in [3.05, 3.63) is 47.5 Å². The highest BCUT2D eigenvalue weighted by atomic mass is 32.2. The van der Waals surface area contributed by atoms with Crippen molar-refractivity contribution >= 4 is 21.7 Å². The maximum Gasteiger partial charge on any atom is 0.338 e. The fourth-order valence-electron chi connectivity index (χ4n) is 5.45. The number of carbonyl (C=O) groups is 1. The molecule has 2 saturated carbocycles.